The molecule has 1 aliphatic rings. The van der Waals surface area contributed by atoms with Gasteiger partial charge in [-0.15, -0.1) is 0 Å². The molecule has 156 valence electrons. The smallest absolute Gasteiger partial charge is 0.222 e. The van der Waals surface area contributed by atoms with E-state index in [1.165, 1.54) is 0 Å². The Hall–Kier alpha value is -1.79. The third-order valence-electron chi connectivity index (χ3n) is 4.58. The van der Waals surface area contributed by atoms with Crippen molar-refractivity contribution in [3.8, 4) is 0 Å². The summed E-state index contributed by atoms with van der Waals surface area (Å²) in [5.74, 6) is 1.68. The third kappa shape index (κ3) is 9.63. The van der Waals surface area contributed by atoms with Crippen LogP contribution in [0.15, 0.2) is 4.99 Å². The standard InChI is InChI=1S/C20H39N5O2/c1-5-21-20(22-6-2)23-11-9-7-8-10-18(26)24-12-14-25(15-13-24)19(27)16-17(3)4/h17H,5-16H2,1-4H3,(H2,21,22,23). The summed E-state index contributed by atoms with van der Waals surface area (Å²) in [6.45, 7) is 13.4. The average Bonchev–Trinajstić information content (AvgIpc) is 2.64. The fourth-order valence-electron chi connectivity index (χ4n) is 3.11. The summed E-state index contributed by atoms with van der Waals surface area (Å²) in [5.41, 5.74) is 0. The highest BCUT2D eigenvalue weighted by atomic mass is 16.2. The summed E-state index contributed by atoms with van der Waals surface area (Å²) in [5, 5.41) is 6.42. The molecule has 1 saturated heterocycles. The first kappa shape index (κ1) is 23.2. The van der Waals surface area contributed by atoms with Gasteiger partial charge in [-0.2, -0.15) is 0 Å². The number of carbonyl (C=O) groups excluding carboxylic acids is 2. The first-order chi connectivity index (χ1) is 13.0. The van der Waals surface area contributed by atoms with E-state index in [-0.39, 0.29) is 11.8 Å². The van der Waals surface area contributed by atoms with Crippen molar-refractivity contribution >= 4 is 17.8 Å². The van der Waals surface area contributed by atoms with Crippen LogP contribution in [0.3, 0.4) is 0 Å². The summed E-state index contributed by atoms with van der Waals surface area (Å²) >= 11 is 0. The van der Waals surface area contributed by atoms with Gasteiger partial charge in [-0.3, -0.25) is 14.6 Å². The lowest BCUT2D eigenvalue weighted by atomic mass is 10.1. The molecule has 7 nitrogen and oxygen atoms in total. The van der Waals surface area contributed by atoms with Crippen LogP contribution in [0.25, 0.3) is 0 Å². The number of aliphatic imine (C=N–C) groups is 1. The lowest BCUT2D eigenvalue weighted by molar-refractivity contribution is -0.140. The van der Waals surface area contributed by atoms with Crippen molar-refractivity contribution < 1.29 is 9.59 Å². The van der Waals surface area contributed by atoms with Gasteiger partial charge in [0, 0.05) is 58.7 Å². The van der Waals surface area contributed by atoms with Crippen LogP contribution in [0.2, 0.25) is 0 Å². The second-order valence-corrected chi connectivity index (χ2v) is 7.46. The molecule has 1 fully saturated rings. The number of unbranched alkanes of at least 4 members (excludes halogenated alkanes) is 2. The Kier molecular flexibility index (Phi) is 11.5. The summed E-state index contributed by atoms with van der Waals surface area (Å²) in [4.78, 5) is 32.8. The maximum absolute atomic E-state index is 12.3. The molecule has 0 aromatic carbocycles. The third-order valence-corrected chi connectivity index (χ3v) is 4.58. The largest absolute Gasteiger partial charge is 0.357 e. The van der Waals surface area contributed by atoms with Gasteiger partial charge in [0.05, 0.1) is 0 Å². The van der Waals surface area contributed by atoms with Crippen molar-refractivity contribution in [3.63, 3.8) is 0 Å². The first-order valence-electron chi connectivity index (χ1n) is 10.6. The zero-order chi connectivity index (χ0) is 20.1. The number of nitrogens with one attached hydrogen (secondary N) is 2. The monoisotopic (exact) mass is 381 g/mol. The second-order valence-electron chi connectivity index (χ2n) is 7.46. The maximum Gasteiger partial charge on any atom is 0.222 e. The average molecular weight is 382 g/mol. The highest BCUT2D eigenvalue weighted by molar-refractivity contribution is 5.79. The fraction of sp³-hybridized carbons (Fsp3) is 0.850. The van der Waals surface area contributed by atoms with Gasteiger partial charge >= 0.3 is 0 Å². The first-order valence-corrected chi connectivity index (χ1v) is 10.6. The van der Waals surface area contributed by atoms with Gasteiger partial charge in [0.25, 0.3) is 0 Å². The molecule has 0 unspecified atom stereocenters. The number of rotatable bonds is 10. The Morgan fingerprint density at radius 3 is 1.96 bits per heavy atom. The van der Waals surface area contributed by atoms with Crippen LogP contribution in [0, 0.1) is 5.92 Å². The Morgan fingerprint density at radius 2 is 1.44 bits per heavy atom. The molecule has 0 aliphatic carbocycles. The highest BCUT2D eigenvalue weighted by Crippen LogP contribution is 2.10. The van der Waals surface area contributed by atoms with E-state index in [9.17, 15) is 9.59 Å². The molecule has 0 bridgehead atoms. The zero-order valence-corrected chi connectivity index (χ0v) is 17.7. The molecule has 1 heterocycles. The van der Waals surface area contributed by atoms with E-state index in [0.29, 0.717) is 44.9 Å². The van der Waals surface area contributed by atoms with E-state index in [4.69, 9.17) is 0 Å². The summed E-state index contributed by atoms with van der Waals surface area (Å²) in [6.07, 6.45) is 4.09. The van der Waals surface area contributed by atoms with Gasteiger partial charge in [0.15, 0.2) is 5.96 Å². The van der Waals surface area contributed by atoms with Gasteiger partial charge in [-0.05, 0) is 32.6 Å². The predicted octanol–water partition coefficient (Wildman–Crippen LogP) is 1.84. The van der Waals surface area contributed by atoms with Crippen molar-refractivity contribution in [2.45, 2.75) is 59.8 Å². The van der Waals surface area contributed by atoms with Crippen LogP contribution in [0.1, 0.15) is 59.8 Å². The molecule has 0 spiro atoms. The molecular formula is C20H39N5O2. The topological polar surface area (TPSA) is 77.0 Å². The summed E-state index contributed by atoms with van der Waals surface area (Å²) < 4.78 is 0. The van der Waals surface area contributed by atoms with Crippen LogP contribution in [0.4, 0.5) is 0 Å². The number of hydrogen-bond acceptors (Lipinski definition) is 3. The van der Waals surface area contributed by atoms with Crippen molar-refractivity contribution in [2.75, 3.05) is 45.8 Å². The number of guanidine groups is 1. The van der Waals surface area contributed by atoms with E-state index >= 15 is 0 Å². The van der Waals surface area contributed by atoms with E-state index in [2.05, 4.69) is 43.3 Å². The Morgan fingerprint density at radius 1 is 0.889 bits per heavy atom. The predicted molar refractivity (Wildman–Crippen MR) is 111 cm³/mol. The minimum Gasteiger partial charge on any atom is -0.357 e. The van der Waals surface area contributed by atoms with E-state index in [1.807, 2.05) is 9.80 Å². The van der Waals surface area contributed by atoms with Gasteiger partial charge < -0.3 is 20.4 Å². The molecule has 1 rings (SSSR count). The normalized spacial score (nSPS) is 14.3. The number of amides is 2. The number of nitrogens with zero attached hydrogens (tertiary/aromatic N) is 3. The molecule has 2 N–H and O–H groups in total. The van der Waals surface area contributed by atoms with Crippen molar-refractivity contribution in [1.82, 2.24) is 20.4 Å². The fourth-order valence-corrected chi connectivity index (χ4v) is 3.11. The van der Waals surface area contributed by atoms with Crippen LogP contribution in [0.5, 0.6) is 0 Å². The summed E-state index contributed by atoms with van der Waals surface area (Å²) in [6, 6.07) is 0. The number of carbonyl (C=O) groups is 2. The minimum atomic E-state index is 0.215. The van der Waals surface area contributed by atoms with Crippen LogP contribution < -0.4 is 10.6 Å². The van der Waals surface area contributed by atoms with Crippen LogP contribution in [-0.4, -0.2) is 73.4 Å². The van der Waals surface area contributed by atoms with Gasteiger partial charge in [-0.1, -0.05) is 20.3 Å². The Labute approximate surface area is 165 Å². The lowest BCUT2D eigenvalue weighted by Gasteiger charge is -2.35. The van der Waals surface area contributed by atoms with E-state index in [0.717, 1.165) is 44.9 Å². The Bertz CT molecular complexity index is 463. The van der Waals surface area contributed by atoms with E-state index < -0.39 is 0 Å². The molecule has 0 saturated carbocycles. The molecule has 0 radical (unpaired) electrons. The lowest BCUT2D eigenvalue weighted by Crippen LogP contribution is -2.50. The molecule has 0 aromatic heterocycles. The van der Waals surface area contributed by atoms with Gasteiger partial charge in [0.2, 0.25) is 11.8 Å². The van der Waals surface area contributed by atoms with E-state index in [1.54, 1.807) is 0 Å². The zero-order valence-electron chi connectivity index (χ0n) is 17.7. The molecular weight excluding hydrogens is 342 g/mol. The van der Waals surface area contributed by atoms with Gasteiger partial charge in [0.1, 0.15) is 0 Å². The van der Waals surface area contributed by atoms with Crippen molar-refractivity contribution in [2.24, 2.45) is 10.9 Å². The number of piperazine rings is 1. The van der Waals surface area contributed by atoms with Crippen molar-refractivity contribution in [3.05, 3.63) is 0 Å². The van der Waals surface area contributed by atoms with Crippen LogP contribution in [-0.2, 0) is 9.59 Å². The quantitative estimate of drug-likeness (QED) is 0.344. The molecule has 7 heteroatoms. The van der Waals surface area contributed by atoms with Crippen molar-refractivity contribution in [1.29, 1.82) is 0 Å². The molecule has 1 aliphatic heterocycles. The van der Waals surface area contributed by atoms with Gasteiger partial charge in [-0.25, -0.2) is 0 Å². The molecule has 27 heavy (non-hydrogen) atoms. The number of hydrogen-bond donors (Lipinski definition) is 2. The SMILES string of the molecule is CCNC(=NCCCCCC(=O)N1CCN(C(=O)CC(C)C)CC1)NCC. The second kappa shape index (κ2) is 13.4. The van der Waals surface area contributed by atoms with Crippen LogP contribution >= 0.6 is 0 Å². The molecule has 0 aromatic rings. The molecule has 0 atom stereocenters. The summed E-state index contributed by atoms with van der Waals surface area (Å²) in [7, 11) is 0. The minimum absolute atomic E-state index is 0.215. The molecule has 2 amide bonds. The maximum atomic E-state index is 12.3. The highest BCUT2D eigenvalue weighted by Gasteiger charge is 2.23. The Balaban J connectivity index is 2.17.